The standard InChI is InChI=1S/C13H21O2Si/c1-13(2,3)11-8-6-7-10(9-14)12(11)15-16(4)5/h6-8,14H,9H2,1-5H3. The lowest BCUT2D eigenvalue weighted by molar-refractivity contribution is 0.277. The van der Waals surface area contributed by atoms with Crippen molar-refractivity contribution in [2.75, 3.05) is 0 Å². The van der Waals surface area contributed by atoms with Crippen molar-refractivity contribution in [1.82, 2.24) is 0 Å². The van der Waals surface area contributed by atoms with E-state index in [1.165, 1.54) is 5.56 Å². The Balaban J connectivity index is 3.26. The molecule has 1 aromatic carbocycles. The Bertz CT molecular complexity index is 353. The molecule has 16 heavy (non-hydrogen) atoms. The third-order valence-corrected chi connectivity index (χ3v) is 2.99. The summed E-state index contributed by atoms with van der Waals surface area (Å²) < 4.78 is 5.94. The second kappa shape index (κ2) is 5.02. The lowest BCUT2D eigenvalue weighted by Gasteiger charge is -2.25. The third-order valence-electron chi connectivity index (χ3n) is 2.38. The van der Waals surface area contributed by atoms with E-state index in [1.54, 1.807) is 0 Å². The molecule has 0 amide bonds. The highest BCUT2D eigenvalue weighted by Crippen LogP contribution is 2.34. The van der Waals surface area contributed by atoms with Gasteiger partial charge in [0.05, 0.1) is 6.61 Å². The van der Waals surface area contributed by atoms with Crippen LogP contribution in [0.5, 0.6) is 5.75 Å². The fourth-order valence-electron chi connectivity index (χ4n) is 1.62. The summed E-state index contributed by atoms with van der Waals surface area (Å²) in [5.41, 5.74) is 2.10. The van der Waals surface area contributed by atoms with Crippen LogP contribution in [0.15, 0.2) is 18.2 Å². The van der Waals surface area contributed by atoms with Gasteiger partial charge in [-0.05, 0) is 24.1 Å². The summed E-state index contributed by atoms with van der Waals surface area (Å²) in [4.78, 5) is 0. The second-order valence-corrected chi connectivity index (χ2v) is 7.23. The molecule has 0 spiro atoms. The number of rotatable bonds is 3. The first kappa shape index (κ1) is 13.3. The van der Waals surface area contributed by atoms with E-state index < -0.39 is 9.04 Å². The van der Waals surface area contributed by atoms with Crippen molar-refractivity contribution in [3.8, 4) is 5.75 Å². The highest BCUT2D eigenvalue weighted by molar-refractivity contribution is 6.49. The molecule has 1 radical (unpaired) electrons. The highest BCUT2D eigenvalue weighted by atomic mass is 28.3. The maximum Gasteiger partial charge on any atom is 0.274 e. The number of aliphatic hydroxyl groups is 1. The first-order valence-corrected chi connectivity index (χ1v) is 7.98. The number of aliphatic hydroxyl groups excluding tert-OH is 1. The minimum Gasteiger partial charge on any atom is -0.542 e. The maximum absolute atomic E-state index is 9.35. The van der Waals surface area contributed by atoms with Gasteiger partial charge in [-0.1, -0.05) is 39.0 Å². The zero-order valence-corrected chi connectivity index (χ0v) is 11.8. The van der Waals surface area contributed by atoms with Crippen molar-refractivity contribution >= 4 is 9.04 Å². The fraction of sp³-hybridized carbons (Fsp3) is 0.538. The average Bonchev–Trinajstić information content (AvgIpc) is 2.15. The quantitative estimate of drug-likeness (QED) is 0.819. The molecule has 0 atom stereocenters. The largest absolute Gasteiger partial charge is 0.542 e. The molecule has 0 unspecified atom stereocenters. The topological polar surface area (TPSA) is 29.5 Å². The smallest absolute Gasteiger partial charge is 0.274 e. The van der Waals surface area contributed by atoms with E-state index in [0.29, 0.717) is 0 Å². The van der Waals surface area contributed by atoms with Gasteiger partial charge in [-0.15, -0.1) is 0 Å². The Labute approximate surface area is 100.0 Å². The van der Waals surface area contributed by atoms with Gasteiger partial charge in [-0.3, -0.25) is 0 Å². The van der Waals surface area contributed by atoms with Crippen LogP contribution in [0.1, 0.15) is 31.9 Å². The molecule has 89 valence electrons. The molecule has 0 fully saturated rings. The SMILES string of the molecule is C[Si](C)Oc1c(CO)cccc1C(C)(C)C. The Morgan fingerprint density at radius 3 is 2.31 bits per heavy atom. The van der Waals surface area contributed by atoms with Crippen molar-refractivity contribution in [2.45, 2.75) is 45.9 Å². The van der Waals surface area contributed by atoms with Gasteiger partial charge in [-0.25, -0.2) is 0 Å². The van der Waals surface area contributed by atoms with Gasteiger partial charge in [0.15, 0.2) is 0 Å². The first-order valence-electron chi connectivity index (χ1n) is 5.57. The molecule has 3 heteroatoms. The third kappa shape index (κ3) is 3.09. The molecule has 0 aliphatic heterocycles. The van der Waals surface area contributed by atoms with Crippen LogP contribution < -0.4 is 4.43 Å². The van der Waals surface area contributed by atoms with Gasteiger partial charge in [0, 0.05) is 5.56 Å². The van der Waals surface area contributed by atoms with Gasteiger partial charge in [0.2, 0.25) is 0 Å². The molecule has 0 saturated carbocycles. The Morgan fingerprint density at radius 1 is 1.25 bits per heavy atom. The van der Waals surface area contributed by atoms with Crippen LogP contribution in [0.2, 0.25) is 13.1 Å². The van der Waals surface area contributed by atoms with E-state index >= 15 is 0 Å². The van der Waals surface area contributed by atoms with E-state index in [-0.39, 0.29) is 12.0 Å². The number of para-hydroxylation sites is 1. The molecule has 1 rings (SSSR count). The Morgan fingerprint density at radius 2 is 1.88 bits per heavy atom. The average molecular weight is 237 g/mol. The first-order chi connectivity index (χ1) is 7.36. The van der Waals surface area contributed by atoms with E-state index in [9.17, 15) is 5.11 Å². The molecule has 0 saturated heterocycles. The van der Waals surface area contributed by atoms with Gasteiger partial charge < -0.3 is 9.53 Å². The summed E-state index contributed by atoms with van der Waals surface area (Å²) in [5.74, 6) is 0.886. The number of hydrogen-bond acceptors (Lipinski definition) is 2. The summed E-state index contributed by atoms with van der Waals surface area (Å²) in [5, 5.41) is 9.35. The van der Waals surface area contributed by atoms with Crippen molar-refractivity contribution in [2.24, 2.45) is 0 Å². The molecule has 0 aliphatic carbocycles. The Hall–Kier alpha value is -0.803. The zero-order valence-electron chi connectivity index (χ0n) is 10.8. The van der Waals surface area contributed by atoms with Gasteiger partial charge in [0.25, 0.3) is 9.04 Å². The predicted molar refractivity (Wildman–Crippen MR) is 69.2 cm³/mol. The van der Waals surface area contributed by atoms with Crippen LogP contribution >= 0.6 is 0 Å². The van der Waals surface area contributed by atoms with Gasteiger partial charge >= 0.3 is 0 Å². The number of hydrogen-bond donors (Lipinski definition) is 1. The molecule has 1 aromatic rings. The van der Waals surface area contributed by atoms with Crippen molar-refractivity contribution < 1.29 is 9.53 Å². The minimum absolute atomic E-state index is 0.0361. The minimum atomic E-state index is -0.812. The van der Waals surface area contributed by atoms with E-state index in [4.69, 9.17) is 4.43 Å². The van der Waals surface area contributed by atoms with Crippen molar-refractivity contribution in [3.63, 3.8) is 0 Å². The predicted octanol–water partition coefficient (Wildman–Crippen LogP) is 3.11. The van der Waals surface area contributed by atoms with Crippen molar-refractivity contribution in [1.29, 1.82) is 0 Å². The summed E-state index contributed by atoms with van der Waals surface area (Å²) in [7, 11) is -0.812. The van der Waals surface area contributed by atoms with Gasteiger partial charge in [0.1, 0.15) is 5.75 Å². The van der Waals surface area contributed by atoms with Crippen LogP contribution in [0.25, 0.3) is 0 Å². The summed E-state index contributed by atoms with van der Waals surface area (Å²) in [6.45, 7) is 10.7. The molecule has 0 aromatic heterocycles. The lowest BCUT2D eigenvalue weighted by Crippen LogP contribution is -2.19. The monoisotopic (exact) mass is 237 g/mol. The van der Waals surface area contributed by atoms with Crippen LogP contribution in [-0.4, -0.2) is 14.1 Å². The molecular weight excluding hydrogens is 216 g/mol. The van der Waals surface area contributed by atoms with Crippen LogP contribution in [0, 0.1) is 0 Å². The number of benzene rings is 1. The summed E-state index contributed by atoms with van der Waals surface area (Å²) >= 11 is 0. The summed E-state index contributed by atoms with van der Waals surface area (Å²) in [6.07, 6.45) is 0. The van der Waals surface area contributed by atoms with Crippen molar-refractivity contribution in [3.05, 3.63) is 29.3 Å². The second-order valence-electron chi connectivity index (χ2n) is 5.21. The van der Waals surface area contributed by atoms with E-state index in [1.807, 2.05) is 12.1 Å². The normalized spacial score (nSPS) is 11.9. The molecule has 0 heterocycles. The zero-order chi connectivity index (χ0) is 12.3. The fourth-order valence-corrected chi connectivity index (χ4v) is 2.27. The van der Waals surface area contributed by atoms with Crippen LogP contribution in [0.3, 0.4) is 0 Å². The molecule has 2 nitrogen and oxygen atoms in total. The summed E-state index contributed by atoms with van der Waals surface area (Å²) in [6, 6.07) is 5.99. The molecule has 1 N–H and O–H groups in total. The highest BCUT2D eigenvalue weighted by Gasteiger charge is 2.21. The van der Waals surface area contributed by atoms with Crippen LogP contribution in [-0.2, 0) is 12.0 Å². The molecule has 0 aliphatic rings. The Kier molecular flexibility index (Phi) is 4.16. The molecule has 0 bridgehead atoms. The van der Waals surface area contributed by atoms with E-state index in [0.717, 1.165) is 11.3 Å². The molecular formula is C13H21O2Si. The lowest BCUT2D eigenvalue weighted by atomic mass is 9.85. The maximum atomic E-state index is 9.35. The van der Waals surface area contributed by atoms with Crippen LogP contribution in [0.4, 0.5) is 0 Å². The van der Waals surface area contributed by atoms with E-state index in [2.05, 4.69) is 39.9 Å². The van der Waals surface area contributed by atoms with Gasteiger partial charge in [-0.2, -0.15) is 0 Å².